The molecule has 132 valence electrons. The topological polar surface area (TPSA) is 65.1 Å². The first-order chi connectivity index (χ1) is 12.2. The van der Waals surface area contributed by atoms with E-state index < -0.39 is 0 Å². The molecule has 25 heavy (non-hydrogen) atoms. The van der Waals surface area contributed by atoms with Crippen LogP contribution >= 0.6 is 0 Å². The minimum atomic E-state index is 0.296. The second-order valence-electron chi connectivity index (χ2n) is 6.04. The molecule has 1 aromatic carbocycles. The molecule has 0 saturated heterocycles. The fourth-order valence-electron chi connectivity index (χ4n) is 2.77. The van der Waals surface area contributed by atoms with Crippen LogP contribution in [0.25, 0.3) is 11.3 Å². The Bertz CT molecular complexity index is 809. The maximum absolute atomic E-state index is 5.45. The number of methoxy groups -OCH3 is 1. The number of nitrogens with zero attached hydrogens (tertiary/aromatic N) is 3. The molecule has 6 heteroatoms. The van der Waals surface area contributed by atoms with E-state index >= 15 is 0 Å². The molecule has 1 atom stereocenters. The van der Waals surface area contributed by atoms with E-state index in [2.05, 4.69) is 33.9 Å². The molecule has 0 spiro atoms. The van der Waals surface area contributed by atoms with Gasteiger partial charge < -0.3 is 19.1 Å². The first-order valence-electron chi connectivity index (χ1n) is 8.53. The van der Waals surface area contributed by atoms with Crippen LogP contribution in [-0.2, 0) is 19.5 Å². The Morgan fingerprint density at radius 2 is 2.20 bits per heavy atom. The number of nitrogens with one attached hydrogen (secondary N) is 1. The van der Waals surface area contributed by atoms with Gasteiger partial charge in [0.1, 0.15) is 17.3 Å². The average molecular weight is 340 g/mol. The van der Waals surface area contributed by atoms with Crippen LogP contribution in [0.4, 0.5) is 0 Å². The van der Waals surface area contributed by atoms with E-state index in [0.717, 1.165) is 41.6 Å². The largest absolute Gasteiger partial charge is 0.497 e. The van der Waals surface area contributed by atoms with Crippen LogP contribution in [0, 0.1) is 0 Å². The van der Waals surface area contributed by atoms with E-state index in [9.17, 15) is 0 Å². The van der Waals surface area contributed by atoms with Crippen LogP contribution in [0.2, 0.25) is 0 Å². The number of hydrogen-bond acceptors (Lipinski definition) is 5. The van der Waals surface area contributed by atoms with Crippen molar-refractivity contribution in [3.63, 3.8) is 0 Å². The summed E-state index contributed by atoms with van der Waals surface area (Å²) in [5.41, 5.74) is 1.79. The molecule has 0 aliphatic carbocycles. The maximum atomic E-state index is 5.45. The molecule has 0 radical (unpaired) electrons. The zero-order valence-electron chi connectivity index (χ0n) is 14.9. The van der Waals surface area contributed by atoms with E-state index in [1.54, 1.807) is 7.11 Å². The van der Waals surface area contributed by atoms with Gasteiger partial charge in [-0.3, -0.25) is 0 Å². The predicted molar refractivity (Wildman–Crippen MR) is 96.4 cm³/mol. The highest BCUT2D eigenvalue weighted by atomic mass is 16.5. The van der Waals surface area contributed by atoms with Crippen molar-refractivity contribution in [2.24, 2.45) is 0 Å². The van der Waals surface area contributed by atoms with Gasteiger partial charge in [-0.05, 0) is 19.1 Å². The van der Waals surface area contributed by atoms with Gasteiger partial charge in [0.05, 0.1) is 13.7 Å². The maximum Gasteiger partial charge on any atom is 0.151 e. The molecule has 0 aliphatic heterocycles. The predicted octanol–water partition coefficient (Wildman–Crippen LogP) is 3.29. The summed E-state index contributed by atoms with van der Waals surface area (Å²) in [6.45, 7) is 5.78. The van der Waals surface area contributed by atoms with Crippen molar-refractivity contribution in [2.75, 3.05) is 7.11 Å². The summed E-state index contributed by atoms with van der Waals surface area (Å²) < 4.78 is 12.9. The average Bonchev–Trinajstić information content (AvgIpc) is 3.29. The van der Waals surface area contributed by atoms with E-state index in [4.69, 9.17) is 9.26 Å². The third kappa shape index (κ3) is 4.28. The second kappa shape index (κ2) is 7.98. The molecular weight excluding hydrogens is 316 g/mol. The van der Waals surface area contributed by atoms with Crippen LogP contribution in [0.15, 0.2) is 47.2 Å². The minimum Gasteiger partial charge on any atom is -0.497 e. The molecule has 0 aliphatic rings. The number of imidazole rings is 1. The van der Waals surface area contributed by atoms with Crippen molar-refractivity contribution >= 4 is 0 Å². The van der Waals surface area contributed by atoms with Crippen molar-refractivity contribution in [3.8, 4) is 17.0 Å². The molecule has 0 bridgehead atoms. The third-order valence-corrected chi connectivity index (χ3v) is 4.14. The molecule has 2 heterocycles. The van der Waals surface area contributed by atoms with Crippen molar-refractivity contribution in [1.82, 2.24) is 20.0 Å². The standard InChI is InChI=1S/C19H24N4O2/c1-4-19-20-8-9-23(19)13-14(2)21-12-17-11-18(22-25-17)15-6-5-7-16(10-15)24-3/h5-11,14,21H,4,12-13H2,1-3H3. The lowest BCUT2D eigenvalue weighted by Gasteiger charge is -2.14. The van der Waals surface area contributed by atoms with Crippen molar-refractivity contribution in [3.05, 3.63) is 54.3 Å². The number of aryl methyl sites for hydroxylation is 1. The lowest BCUT2D eigenvalue weighted by Crippen LogP contribution is -2.30. The van der Waals surface area contributed by atoms with E-state index in [0.29, 0.717) is 12.6 Å². The molecule has 0 amide bonds. The summed E-state index contributed by atoms with van der Waals surface area (Å²) in [7, 11) is 1.66. The Labute approximate surface area is 147 Å². The molecule has 2 aromatic heterocycles. The fraction of sp³-hybridized carbons (Fsp3) is 0.368. The zero-order valence-corrected chi connectivity index (χ0v) is 14.9. The first kappa shape index (κ1) is 17.2. The highest BCUT2D eigenvalue weighted by molar-refractivity contribution is 5.60. The molecule has 1 unspecified atom stereocenters. The van der Waals surface area contributed by atoms with E-state index in [-0.39, 0.29) is 0 Å². The van der Waals surface area contributed by atoms with E-state index in [1.165, 1.54) is 0 Å². The Kier molecular flexibility index (Phi) is 5.50. The summed E-state index contributed by atoms with van der Waals surface area (Å²) >= 11 is 0. The molecule has 6 nitrogen and oxygen atoms in total. The monoisotopic (exact) mass is 340 g/mol. The number of hydrogen-bond donors (Lipinski definition) is 1. The van der Waals surface area contributed by atoms with Gasteiger partial charge in [0.15, 0.2) is 5.76 Å². The Balaban J connectivity index is 1.58. The highest BCUT2D eigenvalue weighted by Crippen LogP contribution is 2.23. The van der Waals surface area contributed by atoms with Crippen LogP contribution in [0.1, 0.15) is 25.4 Å². The number of ether oxygens (including phenoxy) is 1. The van der Waals surface area contributed by atoms with Gasteiger partial charge in [-0.15, -0.1) is 0 Å². The minimum absolute atomic E-state index is 0.296. The van der Waals surface area contributed by atoms with Gasteiger partial charge in [0.2, 0.25) is 0 Å². The summed E-state index contributed by atoms with van der Waals surface area (Å²) in [6.07, 6.45) is 4.81. The third-order valence-electron chi connectivity index (χ3n) is 4.14. The van der Waals surface area contributed by atoms with Crippen molar-refractivity contribution in [1.29, 1.82) is 0 Å². The van der Waals surface area contributed by atoms with Gasteiger partial charge in [-0.2, -0.15) is 0 Å². The highest BCUT2D eigenvalue weighted by Gasteiger charge is 2.10. The molecule has 3 rings (SSSR count). The Hall–Kier alpha value is -2.60. The molecular formula is C19H24N4O2. The summed E-state index contributed by atoms with van der Waals surface area (Å²) in [5.74, 6) is 2.72. The number of rotatable bonds is 8. The molecule has 0 saturated carbocycles. The van der Waals surface area contributed by atoms with Crippen LogP contribution in [0.3, 0.4) is 0 Å². The van der Waals surface area contributed by atoms with Gasteiger partial charge >= 0.3 is 0 Å². The first-order valence-corrected chi connectivity index (χ1v) is 8.53. The van der Waals surface area contributed by atoms with Gasteiger partial charge in [0, 0.05) is 43.0 Å². The lowest BCUT2D eigenvalue weighted by molar-refractivity contribution is 0.359. The van der Waals surface area contributed by atoms with Crippen molar-refractivity contribution < 1.29 is 9.26 Å². The molecule has 1 N–H and O–H groups in total. The Morgan fingerprint density at radius 3 is 3.00 bits per heavy atom. The normalized spacial score (nSPS) is 12.3. The molecule has 0 fully saturated rings. The van der Waals surface area contributed by atoms with Gasteiger partial charge in [-0.25, -0.2) is 4.98 Å². The van der Waals surface area contributed by atoms with Crippen LogP contribution in [-0.4, -0.2) is 27.9 Å². The second-order valence-corrected chi connectivity index (χ2v) is 6.04. The van der Waals surface area contributed by atoms with Gasteiger partial charge in [0.25, 0.3) is 0 Å². The smallest absolute Gasteiger partial charge is 0.151 e. The van der Waals surface area contributed by atoms with Crippen LogP contribution < -0.4 is 10.1 Å². The quantitative estimate of drug-likeness (QED) is 0.682. The number of aromatic nitrogens is 3. The van der Waals surface area contributed by atoms with E-state index in [1.807, 2.05) is 42.7 Å². The zero-order chi connectivity index (χ0) is 17.6. The number of benzene rings is 1. The Morgan fingerprint density at radius 1 is 1.32 bits per heavy atom. The SMILES string of the molecule is CCc1nccn1CC(C)NCc1cc(-c2cccc(OC)c2)no1. The summed E-state index contributed by atoms with van der Waals surface area (Å²) in [4.78, 5) is 4.35. The van der Waals surface area contributed by atoms with Crippen molar-refractivity contribution in [2.45, 2.75) is 39.4 Å². The van der Waals surface area contributed by atoms with Gasteiger partial charge in [-0.1, -0.05) is 24.2 Å². The lowest BCUT2D eigenvalue weighted by atomic mass is 10.1. The van der Waals surface area contributed by atoms with Crippen LogP contribution in [0.5, 0.6) is 5.75 Å². The molecule has 3 aromatic rings. The fourth-order valence-corrected chi connectivity index (χ4v) is 2.77. The summed E-state index contributed by atoms with van der Waals surface area (Å²) in [5, 5.41) is 7.63. The summed E-state index contributed by atoms with van der Waals surface area (Å²) in [6, 6.07) is 10.1.